The molecule has 35 heavy (non-hydrogen) atoms. The van der Waals surface area contributed by atoms with Crippen molar-refractivity contribution >= 4 is 34.3 Å². The van der Waals surface area contributed by atoms with E-state index in [1.165, 1.54) is 16.6 Å². The Morgan fingerprint density at radius 3 is 2.71 bits per heavy atom. The van der Waals surface area contributed by atoms with Crippen molar-refractivity contribution in [2.75, 3.05) is 11.5 Å². The van der Waals surface area contributed by atoms with Crippen LogP contribution >= 0.6 is 11.8 Å². The van der Waals surface area contributed by atoms with Gasteiger partial charge in [0.05, 0.1) is 16.7 Å². The topological polar surface area (TPSA) is 133 Å². The number of nitrogens with zero attached hydrogens (tertiary/aromatic N) is 3. The molecular weight excluding hydrogens is 466 g/mol. The summed E-state index contributed by atoms with van der Waals surface area (Å²) in [6.45, 7) is 0.467. The van der Waals surface area contributed by atoms with E-state index in [9.17, 15) is 19.2 Å². The fraction of sp³-hybridized carbons (Fsp3) is 0.400. The highest BCUT2D eigenvalue weighted by atomic mass is 32.2. The number of thioether (sulfide) groups is 1. The molecule has 0 unspecified atom stereocenters. The van der Waals surface area contributed by atoms with E-state index < -0.39 is 17.0 Å². The first-order chi connectivity index (χ1) is 16.9. The number of Topliss-reactive ketones (excluding diaryl/α,β-unsaturated/α-hetero) is 1. The van der Waals surface area contributed by atoms with Crippen LogP contribution in [0.4, 0.5) is 5.82 Å². The monoisotopic (exact) mass is 493 g/mol. The Balaban J connectivity index is 1.45. The van der Waals surface area contributed by atoms with Crippen LogP contribution in [0.1, 0.15) is 61.3 Å². The predicted octanol–water partition coefficient (Wildman–Crippen LogP) is 3.03. The second kappa shape index (κ2) is 9.69. The number of carbonyl (C=O) groups excluding carboxylic acids is 1. The van der Waals surface area contributed by atoms with Crippen LogP contribution in [0.3, 0.4) is 0 Å². The van der Waals surface area contributed by atoms with Crippen LogP contribution in [0.5, 0.6) is 0 Å². The Morgan fingerprint density at radius 1 is 1.17 bits per heavy atom. The number of aromatic amines is 1. The minimum atomic E-state index is -0.789. The molecule has 2 aromatic heterocycles. The molecule has 0 spiro atoms. The maximum absolute atomic E-state index is 13.3. The molecule has 2 aliphatic rings. The first-order valence-corrected chi connectivity index (χ1v) is 12.9. The number of rotatable bonds is 8. The average Bonchev–Trinajstić information content (AvgIpc) is 3.68. The Morgan fingerprint density at radius 2 is 1.97 bits per heavy atom. The molecule has 0 amide bonds. The van der Waals surface area contributed by atoms with Crippen LogP contribution in [-0.4, -0.2) is 30.6 Å². The van der Waals surface area contributed by atoms with Gasteiger partial charge < -0.3 is 5.73 Å². The van der Waals surface area contributed by atoms with E-state index in [0.29, 0.717) is 22.6 Å². The van der Waals surface area contributed by atoms with Gasteiger partial charge in [0, 0.05) is 12.6 Å². The van der Waals surface area contributed by atoms with Crippen LogP contribution in [0, 0.1) is 0 Å². The zero-order valence-electron chi connectivity index (χ0n) is 19.3. The number of H-pyrrole nitrogens is 1. The van der Waals surface area contributed by atoms with E-state index in [1.807, 2.05) is 6.07 Å². The highest BCUT2D eigenvalue weighted by molar-refractivity contribution is 7.99. The number of nitrogens with one attached hydrogen (secondary N) is 1. The third-order valence-electron chi connectivity index (χ3n) is 6.57. The second-order valence-electron chi connectivity index (χ2n) is 9.06. The molecule has 182 valence electrons. The average molecular weight is 494 g/mol. The molecule has 3 aromatic rings. The molecule has 3 N–H and O–H groups in total. The smallest absolute Gasteiger partial charge is 0.330 e. The quantitative estimate of drug-likeness (QED) is 0.213. The van der Waals surface area contributed by atoms with Crippen molar-refractivity contribution in [3.05, 3.63) is 72.7 Å². The number of hydrogen-bond acceptors (Lipinski definition) is 7. The van der Waals surface area contributed by atoms with E-state index in [2.05, 4.69) is 16.0 Å². The molecule has 0 radical (unpaired) electrons. The highest BCUT2D eigenvalue weighted by Gasteiger charge is 2.30. The first-order valence-electron chi connectivity index (χ1n) is 11.9. The standard InChI is InChI=1S/C25H27N5O4S/c26-21-20(22(32)28-24(34)30(21)16-10-11-16)19(31)14-35-25-27-18-9-5-4-8-17(18)23(33)29(25)13-12-15-6-2-1-3-7-15/h4-6,8-9,16H,1-3,7,10-14,26H2,(H,28,32,34). The number of anilines is 1. The Labute approximate surface area is 205 Å². The Bertz CT molecular complexity index is 1510. The van der Waals surface area contributed by atoms with Crippen molar-refractivity contribution in [3.8, 4) is 0 Å². The second-order valence-corrected chi connectivity index (χ2v) is 10.0. The van der Waals surface area contributed by atoms with Gasteiger partial charge in [-0.2, -0.15) is 0 Å². The zero-order valence-corrected chi connectivity index (χ0v) is 20.1. The van der Waals surface area contributed by atoms with Crippen molar-refractivity contribution in [1.29, 1.82) is 0 Å². The van der Waals surface area contributed by atoms with Crippen molar-refractivity contribution in [3.63, 3.8) is 0 Å². The molecule has 0 aliphatic heterocycles. The number of benzene rings is 1. The fourth-order valence-electron chi connectivity index (χ4n) is 4.58. The lowest BCUT2D eigenvalue weighted by molar-refractivity contribution is 0.102. The third-order valence-corrected chi connectivity index (χ3v) is 7.55. The maximum atomic E-state index is 13.3. The van der Waals surface area contributed by atoms with Gasteiger partial charge in [-0.15, -0.1) is 0 Å². The lowest BCUT2D eigenvalue weighted by Gasteiger charge is -2.16. The number of hydrogen-bond donors (Lipinski definition) is 2. The summed E-state index contributed by atoms with van der Waals surface area (Å²) in [6.07, 6.45) is 9.02. The molecular formula is C25H27N5O4S. The van der Waals surface area contributed by atoms with Gasteiger partial charge >= 0.3 is 5.69 Å². The molecule has 0 atom stereocenters. The van der Waals surface area contributed by atoms with Crippen LogP contribution in [-0.2, 0) is 6.54 Å². The van der Waals surface area contributed by atoms with Crippen molar-refractivity contribution in [2.45, 2.75) is 62.7 Å². The van der Waals surface area contributed by atoms with Gasteiger partial charge in [0.15, 0.2) is 10.9 Å². The number of para-hydroxylation sites is 1. The number of fused-ring (bicyclic) bond motifs is 1. The molecule has 2 aliphatic carbocycles. The van der Waals surface area contributed by atoms with Gasteiger partial charge in [-0.25, -0.2) is 9.78 Å². The molecule has 0 bridgehead atoms. The highest BCUT2D eigenvalue weighted by Crippen LogP contribution is 2.35. The number of ketones is 1. The van der Waals surface area contributed by atoms with Gasteiger partial charge in [-0.3, -0.25) is 28.5 Å². The van der Waals surface area contributed by atoms with Gasteiger partial charge in [0.25, 0.3) is 11.1 Å². The molecule has 1 fully saturated rings. The normalized spacial score (nSPS) is 15.8. The number of carbonyl (C=O) groups is 1. The van der Waals surface area contributed by atoms with Crippen LogP contribution in [0.2, 0.25) is 0 Å². The van der Waals surface area contributed by atoms with Crippen LogP contribution in [0.25, 0.3) is 10.9 Å². The molecule has 2 heterocycles. The summed E-state index contributed by atoms with van der Waals surface area (Å²) in [7, 11) is 0. The Hall–Kier alpha value is -3.40. The number of allylic oxidation sites excluding steroid dienone is 2. The van der Waals surface area contributed by atoms with Crippen molar-refractivity contribution in [1.82, 2.24) is 19.1 Å². The summed E-state index contributed by atoms with van der Waals surface area (Å²) in [6, 6.07) is 7.05. The summed E-state index contributed by atoms with van der Waals surface area (Å²) in [5.41, 5.74) is 6.23. The van der Waals surface area contributed by atoms with Gasteiger partial charge in [0.1, 0.15) is 11.4 Å². The fourth-order valence-corrected chi connectivity index (χ4v) is 5.47. The SMILES string of the molecule is Nc1c(C(=O)CSc2nc3ccccc3c(=O)n2CCC2=CCCCC2)c(=O)[nH]c(=O)n1C1CC1. The molecule has 1 aromatic carbocycles. The minimum absolute atomic E-state index is 0.0834. The van der Waals surface area contributed by atoms with E-state index in [-0.39, 0.29) is 28.7 Å². The minimum Gasteiger partial charge on any atom is -0.384 e. The van der Waals surface area contributed by atoms with E-state index in [1.54, 1.807) is 22.8 Å². The van der Waals surface area contributed by atoms with Gasteiger partial charge in [0.2, 0.25) is 0 Å². The van der Waals surface area contributed by atoms with E-state index >= 15 is 0 Å². The number of aromatic nitrogens is 4. The first kappa shape index (κ1) is 23.3. The molecule has 10 heteroatoms. The van der Waals surface area contributed by atoms with Crippen molar-refractivity contribution < 1.29 is 4.79 Å². The van der Waals surface area contributed by atoms with Crippen molar-refractivity contribution in [2.24, 2.45) is 0 Å². The molecule has 0 saturated heterocycles. The summed E-state index contributed by atoms with van der Waals surface area (Å²) >= 11 is 1.10. The molecule has 5 rings (SSSR count). The predicted molar refractivity (Wildman–Crippen MR) is 136 cm³/mol. The molecule has 1 saturated carbocycles. The lowest BCUT2D eigenvalue weighted by atomic mass is 9.97. The largest absolute Gasteiger partial charge is 0.384 e. The summed E-state index contributed by atoms with van der Waals surface area (Å²) in [4.78, 5) is 57.8. The van der Waals surface area contributed by atoms with Crippen LogP contribution in [0.15, 0.2) is 55.5 Å². The van der Waals surface area contributed by atoms with E-state index in [4.69, 9.17) is 5.73 Å². The van der Waals surface area contributed by atoms with Crippen LogP contribution < -0.4 is 22.5 Å². The third kappa shape index (κ3) is 4.75. The van der Waals surface area contributed by atoms with Gasteiger partial charge in [-0.1, -0.05) is 35.5 Å². The maximum Gasteiger partial charge on any atom is 0.330 e. The lowest BCUT2D eigenvalue weighted by Crippen LogP contribution is -2.36. The summed E-state index contributed by atoms with van der Waals surface area (Å²) in [5, 5.41) is 0.946. The zero-order chi connectivity index (χ0) is 24.5. The molecule has 9 nitrogen and oxygen atoms in total. The summed E-state index contributed by atoms with van der Waals surface area (Å²) in [5.74, 6) is -0.740. The van der Waals surface area contributed by atoms with E-state index in [0.717, 1.165) is 50.3 Å². The van der Waals surface area contributed by atoms with Gasteiger partial charge in [-0.05, 0) is 57.1 Å². The Kier molecular flexibility index (Phi) is 6.46. The number of nitrogen functional groups attached to an aromatic ring is 1. The number of nitrogens with two attached hydrogens (primary N) is 1. The summed E-state index contributed by atoms with van der Waals surface area (Å²) < 4.78 is 2.91.